The standard InChI is InChI=1S/C14H9O/c1-2-6-12-11(5-1)9-10-15-14-8-4-3-7-13(12)14/h1-8,10H. The van der Waals surface area contributed by atoms with Crippen molar-refractivity contribution in [1.29, 1.82) is 0 Å². The van der Waals surface area contributed by atoms with Crippen molar-refractivity contribution in [2.24, 2.45) is 0 Å². The molecule has 0 spiro atoms. The zero-order chi connectivity index (χ0) is 10.1. The Bertz CT molecular complexity index is 526. The Morgan fingerprint density at radius 3 is 2.47 bits per heavy atom. The van der Waals surface area contributed by atoms with Crippen molar-refractivity contribution in [2.75, 3.05) is 0 Å². The first-order chi connectivity index (χ1) is 7.45. The summed E-state index contributed by atoms with van der Waals surface area (Å²) < 4.78 is 5.49. The average Bonchev–Trinajstić information content (AvgIpc) is 2.48. The quantitative estimate of drug-likeness (QED) is 0.623. The van der Waals surface area contributed by atoms with Crippen molar-refractivity contribution in [3.8, 4) is 16.9 Å². The minimum absolute atomic E-state index is 0.884. The molecule has 2 aromatic carbocycles. The van der Waals surface area contributed by atoms with E-state index in [1.807, 2.05) is 36.4 Å². The fourth-order valence-electron chi connectivity index (χ4n) is 1.79. The first-order valence-electron chi connectivity index (χ1n) is 4.88. The highest BCUT2D eigenvalue weighted by Gasteiger charge is 2.10. The summed E-state index contributed by atoms with van der Waals surface area (Å²) in [6.07, 6.45) is 4.74. The molecule has 0 bridgehead atoms. The number of benzene rings is 2. The molecular formula is C14H9O. The molecule has 1 radical (unpaired) electrons. The third kappa shape index (κ3) is 1.33. The van der Waals surface area contributed by atoms with Crippen LogP contribution in [0.4, 0.5) is 0 Å². The van der Waals surface area contributed by atoms with E-state index < -0.39 is 0 Å². The maximum absolute atomic E-state index is 5.49. The van der Waals surface area contributed by atoms with Gasteiger partial charge in [0.15, 0.2) is 0 Å². The van der Waals surface area contributed by atoms with Crippen LogP contribution < -0.4 is 4.74 Å². The van der Waals surface area contributed by atoms with Crippen LogP contribution in [0.5, 0.6) is 5.75 Å². The van der Waals surface area contributed by atoms with Crippen molar-refractivity contribution < 1.29 is 4.74 Å². The Labute approximate surface area is 88.6 Å². The number of para-hydroxylation sites is 1. The summed E-state index contributed by atoms with van der Waals surface area (Å²) in [6, 6.07) is 16.2. The van der Waals surface area contributed by atoms with Crippen LogP contribution in [0.2, 0.25) is 0 Å². The first-order valence-corrected chi connectivity index (χ1v) is 4.88. The molecule has 2 aromatic rings. The van der Waals surface area contributed by atoms with E-state index in [1.165, 1.54) is 5.56 Å². The molecule has 0 saturated carbocycles. The van der Waals surface area contributed by atoms with Gasteiger partial charge in [-0.05, 0) is 17.2 Å². The highest BCUT2D eigenvalue weighted by atomic mass is 16.5. The lowest BCUT2D eigenvalue weighted by atomic mass is 9.99. The van der Waals surface area contributed by atoms with Crippen molar-refractivity contribution in [3.63, 3.8) is 0 Å². The van der Waals surface area contributed by atoms with Gasteiger partial charge in [-0.25, -0.2) is 0 Å². The highest BCUT2D eigenvalue weighted by Crippen LogP contribution is 2.34. The van der Waals surface area contributed by atoms with Crippen LogP contribution >= 0.6 is 0 Å². The summed E-state index contributed by atoms with van der Waals surface area (Å²) >= 11 is 0. The molecule has 0 unspecified atom stereocenters. The Hall–Kier alpha value is -2.02. The number of ether oxygens (including phenoxy) is 1. The van der Waals surface area contributed by atoms with Crippen LogP contribution in [-0.2, 0) is 0 Å². The lowest BCUT2D eigenvalue weighted by molar-refractivity contribution is 0.482. The average molecular weight is 193 g/mol. The maximum atomic E-state index is 5.49. The van der Waals surface area contributed by atoms with Crippen LogP contribution in [0.3, 0.4) is 0 Å². The van der Waals surface area contributed by atoms with Gasteiger partial charge in [0.2, 0.25) is 0 Å². The second kappa shape index (κ2) is 3.28. The van der Waals surface area contributed by atoms with E-state index in [2.05, 4.69) is 18.2 Å². The summed E-state index contributed by atoms with van der Waals surface area (Å²) in [5, 5.41) is 0. The third-order valence-corrected chi connectivity index (χ3v) is 2.50. The van der Waals surface area contributed by atoms with Gasteiger partial charge in [0.25, 0.3) is 0 Å². The molecule has 1 aliphatic rings. The van der Waals surface area contributed by atoms with Gasteiger partial charge in [0, 0.05) is 11.6 Å². The molecule has 0 N–H and O–H groups in total. The molecule has 0 aliphatic carbocycles. The third-order valence-electron chi connectivity index (χ3n) is 2.50. The molecule has 0 amide bonds. The zero-order valence-corrected chi connectivity index (χ0v) is 8.10. The number of fused-ring (bicyclic) bond motifs is 3. The van der Waals surface area contributed by atoms with E-state index in [4.69, 9.17) is 4.74 Å². The van der Waals surface area contributed by atoms with Gasteiger partial charge in [-0.2, -0.15) is 0 Å². The highest BCUT2D eigenvalue weighted by molar-refractivity contribution is 5.75. The van der Waals surface area contributed by atoms with E-state index in [0.717, 1.165) is 16.9 Å². The topological polar surface area (TPSA) is 9.23 Å². The van der Waals surface area contributed by atoms with Gasteiger partial charge in [-0.15, -0.1) is 0 Å². The van der Waals surface area contributed by atoms with Gasteiger partial charge in [0.1, 0.15) is 5.75 Å². The summed E-state index contributed by atoms with van der Waals surface area (Å²) in [4.78, 5) is 0. The van der Waals surface area contributed by atoms with Gasteiger partial charge >= 0.3 is 0 Å². The lowest BCUT2D eigenvalue weighted by Gasteiger charge is -2.06. The minimum atomic E-state index is 0.884. The van der Waals surface area contributed by atoms with Crippen molar-refractivity contribution >= 4 is 0 Å². The van der Waals surface area contributed by atoms with Crippen LogP contribution in [0.1, 0.15) is 5.56 Å². The van der Waals surface area contributed by atoms with Crippen LogP contribution in [0.25, 0.3) is 11.1 Å². The zero-order valence-electron chi connectivity index (χ0n) is 8.10. The predicted molar refractivity (Wildman–Crippen MR) is 59.4 cm³/mol. The molecular weight excluding hydrogens is 184 g/mol. The Morgan fingerprint density at radius 1 is 0.800 bits per heavy atom. The molecule has 0 fully saturated rings. The fraction of sp³-hybridized carbons (Fsp3) is 0. The molecule has 0 saturated heterocycles. The molecule has 15 heavy (non-hydrogen) atoms. The van der Waals surface area contributed by atoms with E-state index >= 15 is 0 Å². The first kappa shape index (κ1) is 8.30. The molecule has 1 heterocycles. The Kier molecular flexibility index (Phi) is 1.82. The number of rotatable bonds is 0. The normalized spacial score (nSPS) is 12.3. The predicted octanol–water partition coefficient (Wildman–Crippen LogP) is 3.41. The maximum Gasteiger partial charge on any atom is 0.134 e. The summed E-state index contributed by atoms with van der Waals surface area (Å²) in [7, 11) is 0. The lowest BCUT2D eigenvalue weighted by Crippen LogP contribution is -1.84. The van der Waals surface area contributed by atoms with Gasteiger partial charge < -0.3 is 4.74 Å². The second-order valence-electron chi connectivity index (χ2n) is 3.42. The smallest absolute Gasteiger partial charge is 0.134 e. The van der Waals surface area contributed by atoms with Gasteiger partial charge in [0.05, 0.1) is 6.26 Å². The van der Waals surface area contributed by atoms with Crippen molar-refractivity contribution in [2.45, 2.75) is 0 Å². The van der Waals surface area contributed by atoms with Crippen molar-refractivity contribution in [3.05, 3.63) is 66.4 Å². The molecule has 71 valence electrons. The summed E-state index contributed by atoms with van der Waals surface area (Å²) in [5.74, 6) is 0.884. The number of hydrogen-bond acceptors (Lipinski definition) is 1. The largest absolute Gasteiger partial charge is 0.464 e. The van der Waals surface area contributed by atoms with E-state index in [-0.39, 0.29) is 0 Å². The molecule has 1 nitrogen and oxygen atoms in total. The minimum Gasteiger partial charge on any atom is -0.464 e. The molecule has 3 rings (SSSR count). The van der Waals surface area contributed by atoms with E-state index in [1.54, 1.807) is 6.26 Å². The van der Waals surface area contributed by atoms with E-state index in [0.29, 0.717) is 0 Å². The second-order valence-corrected chi connectivity index (χ2v) is 3.42. The Balaban J connectivity index is 2.33. The molecule has 1 heteroatoms. The fourth-order valence-corrected chi connectivity index (χ4v) is 1.79. The summed E-state index contributed by atoms with van der Waals surface area (Å²) in [5.41, 5.74) is 3.36. The molecule has 1 aliphatic heterocycles. The van der Waals surface area contributed by atoms with Gasteiger partial charge in [-0.1, -0.05) is 42.5 Å². The van der Waals surface area contributed by atoms with Gasteiger partial charge in [-0.3, -0.25) is 0 Å². The Morgan fingerprint density at radius 2 is 1.53 bits per heavy atom. The molecule has 0 aromatic heterocycles. The SMILES string of the molecule is [C]1=COc2ccccc2-c2ccccc21. The number of hydrogen-bond donors (Lipinski definition) is 0. The van der Waals surface area contributed by atoms with Crippen LogP contribution in [0, 0.1) is 6.08 Å². The summed E-state index contributed by atoms with van der Waals surface area (Å²) in [6.45, 7) is 0. The van der Waals surface area contributed by atoms with E-state index in [9.17, 15) is 0 Å². The molecule has 0 atom stereocenters. The van der Waals surface area contributed by atoms with Crippen LogP contribution in [0.15, 0.2) is 54.8 Å². The monoisotopic (exact) mass is 193 g/mol. The van der Waals surface area contributed by atoms with Crippen molar-refractivity contribution in [1.82, 2.24) is 0 Å². The van der Waals surface area contributed by atoms with Crippen LogP contribution in [-0.4, -0.2) is 0 Å².